The van der Waals surface area contributed by atoms with E-state index in [0.29, 0.717) is 14.8 Å². The van der Waals surface area contributed by atoms with Gasteiger partial charge in [0.15, 0.2) is 23.0 Å². The zero-order chi connectivity index (χ0) is 14.1. The lowest BCUT2D eigenvalue weighted by molar-refractivity contribution is -0.603. The van der Waals surface area contributed by atoms with Gasteiger partial charge in [-0.15, -0.1) is 11.3 Å². The molecule has 1 aliphatic rings. The number of aromatic hydroxyl groups is 1. The van der Waals surface area contributed by atoms with Gasteiger partial charge in [-0.05, 0) is 25.7 Å². The van der Waals surface area contributed by atoms with Gasteiger partial charge in [0.2, 0.25) is 0 Å². The van der Waals surface area contributed by atoms with E-state index >= 15 is 0 Å². The molecule has 0 bridgehead atoms. The van der Waals surface area contributed by atoms with E-state index in [0.717, 1.165) is 37.0 Å². The minimum absolute atomic E-state index is 0.0506. The highest BCUT2D eigenvalue weighted by molar-refractivity contribution is 7.21. The van der Waals surface area contributed by atoms with Crippen LogP contribution in [0, 0.1) is 5.21 Å². The molecule has 106 valence electrons. The number of rotatable bonds is 2. The first kappa shape index (κ1) is 13.2. The van der Waals surface area contributed by atoms with Crippen molar-refractivity contribution in [2.24, 2.45) is 0 Å². The molecule has 0 aliphatic heterocycles. The lowest BCUT2D eigenvalue weighted by Crippen LogP contribution is -2.23. The van der Waals surface area contributed by atoms with Crippen LogP contribution in [0.25, 0.3) is 10.1 Å². The molecule has 1 aliphatic carbocycles. The Labute approximate surface area is 120 Å². The summed E-state index contributed by atoms with van der Waals surface area (Å²) < 4.78 is 6.75. The smallest absolute Gasteiger partial charge is 0.352 e. The van der Waals surface area contributed by atoms with Gasteiger partial charge in [0.05, 0.1) is 4.70 Å². The van der Waals surface area contributed by atoms with E-state index in [-0.39, 0.29) is 16.7 Å². The van der Waals surface area contributed by atoms with E-state index in [9.17, 15) is 15.1 Å². The van der Waals surface area contributed by atoms with Crippen LogP contribution in [0.3, 0.4) is 0 Å². The Kier molecular flexibility index (Phi) is 3.48. The second-order valence-electron chi connectivity index (χ2n) is 5.03. The van der Waals surface area contributed by atoms with Crippen LogP contribution in [-0.2, 0) is 4.74 Å². The van der Waals surface area contributed by atoms with Crippen LogP contribution >= 0.6 is 11.3 Å². The first-order valence-electron chi connectivity index (χ1n) is 6.70. The molecule has 20 heavy (non-hydrogen) atoms. The Morgan fingerprint density at radius 3 is 2.90 bits per heavy atom. The molecule has 0 saturated heterocycles. The summed E-state index contributed by atoms with van der Waals surface area (Å²) in [5.74, 6) is -0.649. The van der Waals surface area contributed by atoms with Crippen molar-refractivity contribution in [1.82, 2.24) is 0 Å². The van der Waals surface area contributed by atoms with Crippen molar-refractivity contribution >= 4 is 27.4 Å². The van der Waals surface area contributed by atoms with Gasteiger partial charge in [0.1, 0.15) is 11.5 Å². The third-order valence-electron chi connectivity index (χ3n) is 3.59. The molecule has 5 nitrogen and oxygen atoms in total. The molecule has 2 aromatic rings. The first-order chi connectivity index (χ1) is 9.65. The number of fused-ring (bicyclic) bond motifs is 1. The number of hydrogen-bond acceptors (Lipinski definition) is 5. The molecule has 6 heteroatoms. The average molecular weight is 293 g/mol. The maximum absolute atomic E-state index is 12.1. The fraction of sp³-hybridized carbons (Fsp3) is 0.429. The molecule has 0 aromatic carbocycles. The molecule has 0 unspecified atom stereocenters. The number of thiophene rings is 1. The minimum atomic E-state index is -0.493. The first-order valence-corrected chi connectivity index (χ1v) is 7.52. The monoisotopic (exact) mass is 293 g/mol. The Bertz CT molecular complexity index is 646. The van der Waals surface area contributed by atoms with Crippen molar-refractivity contribution in [3.63, 3.8) is 0 Å². The van der Waals surface area contributed by atoms with Gasteiger partial charge in [-0.25, -0.2) is 4.79 Å². The van der Waals surface area contributed by atoms with Crippen molar-refractivity contribution in [2.45, 2.75) is 38.2 Å². The van der Waals surface area contributed by atoms with Crippen molar-refractivity contribution < 1.29 is 19.4 Å². The third-order valence-corrected chi connectivity index (χ3v) is 4.73. The quantitative estimate of drug-likeness (QED) is 0.525. The maximum Gasteiger partial charge on any atom is 0.352 e. The topological polar surface area (TPSA) is 73.5 Å². The molecule has 1 N–H and O–H groups in total. The molecule has 2 aromatic heterocycles. The number of esters is 1. The fourth-order valence-electron chi connectivity index (χ4n) is 2.54. The Balaban J connectivity index is 1.85. The zero-order valence-corrected chi connectivity index (χ0v) is 11.7. The Morgan fingerprint density at radius 1 is 1.40 bits per heavy atom. The Hall–Kier alpha value is -1.82. The van der Waals surface area contributed by atoms with Crippen LogP contribution < -0.4 is 4.73 Å². The van der Waals surface area contributed by atoms with Crippen molar-refractivity contribution in [2.75, 3.05) is 0 Å². The minimum Gasteiger partial charge on any atom is -0.619 e. The van der Waals surface area contributed by atoms with Gasteiger partial charge in [0, 0.05) is 6.07 Å². The van der Waals surface area contributed by atoms with Crippen LogP contribution in [0.4, 0.5) is 0 Å². The van der Waals surface area contributed by atoms with E-state index in [2.05, 4.69) is 0 Å². The van der Waals surface area contributed by atoms with E-state index in [4.69, 9.17) is 4.74 Å². The molecule has 0 radical (unpaired) electrons. The maximum atomic E-state index is 12.1. The predicted octanol–water partition coefficient (Wildman–Crippen LogP) is 2.73. The van der Waals surface area contributed by atoms with Gasteiger partial charge in [0.25, 0.3) is 0 Å². The summed E-state index contributed by atoms with van der Waals surface area (Å²) in [6, 6.07) is 1.59. The second kappa shape index (κ2) is 5.28. The van der Waals surface area contributed by atoms with Crippen LogP contribution in [0.1, 0.15) is 41.8 Å². The summed E-state index contributed by atoms with van der Waals surface area (Å²) >= 11 is 1.15. The summed E-state index contributed by atoms with van der Waals surface area (Å²) in [6.07, 6.45) is 7.67. The van der Waals surface area contributed by atoms with Crippen LogP contribution in [-0.4, -0.2) is 17.2 Å². The lowest BCUT2D eigenvalue weighted by atomic mass is 9.98. The highest BCUT2D eigenvalue weighted by atomic mass is 32.1. The SMILES string of the molecule is O=C(OC1CCCCC1)c1sc2cc[n+]([O-])cc2c1O. The number of hydrogen-bond donors (Lipinski definition) is 1. The standard InChI is InChI=1S/C14H15NO4S/c16-12-10-8-15(18)7-6-11(10)20-13(12)14(17)19-9-4-2-1-3-5-9/h6-9,16H,1-5H2. The number of carbonyl (C=O) groups excluding carboxylic acids is 1. The Morgan fingerprint density at radius 2 is 2.15 bits per heavy atom. The molecule has 1 fully saturated rings. The molecule has 0 amide bonds. The highest BCUT2D eigenvalue weighted by Gasteiger charge is 2.24. The average Bonchev–Trinajstić information content (AvgIpc) is 2.77. The van der Waals surface area contributed by atoms with Gasteiger partial charge < -0.3 is 15.1 Å². The van der Waals surface area contributed by atoms with Crippen molar-refractivity contribution in [3.8, 4) is 5.75 Å². The second-order valence-corrected chi connectivity index (χ2v) is 6.08. The number of nitrogens with zero attached hydrogens (tertiary/aromatic N) is 1. The van der Waals surface area contributed by atoms with Gasteiger partial charge >= 0.3 is 5.97 Å². The van der Waals surface area contributed by atoms with Crippen LogP contribution in [0.5, 0.6) is 5.75 Å². The summed E-state index contributed by atoms with van der Waals surface area (Å²) in [4.78, 5) is 12.3. The van der Waals surface area contributed by atoms with Gasteiger partial charge in [-0.1, -0.05) is 6.42 Å². The molecule has 1 saturated carbocycles. The summed E-state index contributed by atoms with van der Waals surface area (Å²) in [5.41, 5.74) is 0. The van der Waals surface area contributed by atoms with Crippen LogP contribution in [0.2, 0.25) is 0 Å². The van der Waals surface area contributed by atoms with E-state index in [1.807, 2.05) is 0 Å². The third kappa shape index (κ3) is 2.43. The molecule has 0 atom stereocenters. The number of carbonyl (C=O) groups is 1. The largest absolute Gasteiger partial charge is 0.619 e. The zero-order valence-electron chi connectivity index (χ0n) is 10.9. The van der Waals surface area contributed by atoms with Crippen molar-refractivity contribution in [1.29, 1.82) is 0 Å². The summed E-state index contributed by atoms with van der Waals surface area (Å²) in [5, 5.41) is 21.7. The van der Waals surface area contributed by atoms with Gasteiger partial charge in [-0.2, -0.15) is 4.73 Å². The summed E-state index contributed by atoms with van der Waals surface area (Å²) in [6.45, 7) is 0. The van der Waals surface area contributed by atoms with E-state index < -0.39 is 5.97 Å². The highest BCUT2D eigenvalue weighted by Crippen LogP contribution is 2.36. The molecular formula is C14H15NO4S. The van der Waals surface area contributed by atoms with Crippen LogP contribution in [0.15, 0.2) is 18.5 Å². The molecule has 2 heterocycles. The van der Waals surface area contributed by atoms with Crippen molar-refractivity contribution in [3.05, 3.63) is 28.5 Å². The van der Waals surface area contributed by atoms with E-state index in [1.165, 1.54) is 18.8 Å². The van der Waals surface area contributed by atoms with Gasteiger partial charge in [-0.3, -0.25) is 0 Å². The number of aromatic nitrogens is 1. The van der Waals surface area contributed by atoms with E-state index in [1.54, 1.807) is 6.07 Å². The molecule has 0 spiro atoms. The molecule has 3 rings (SSSR count). The fourth-order valence-corrected chi connectivity index (χ4v) is 3.48. The summed E-state index contributed by atoms with van der Waals surface area (Å²) in [7, 11) is 0. The predicted molar refractivity (Wildman–Crippen MR) is 74.7 cm³/mol. The molecular weight excluding hydrogens is 278 g/mol. The normalized spacial score (nSPS) is 16.4. The number of pyridine rings is 1. The number of ether oxygens (including phenoxy) is 1. The lowest BCUT2D eigenvalue weighted by Gasteiger charge is -2.21.